The molecule has 92 valence electrons. The summed E-state index contributed by atoms with van der Waals surface area (Å²) in [4.78, 5) is 24.3. The van der Waals surface area contributed by atoms with Gasteiger partial charge in [0.25, 0.3) is 5.91 Å². The smallest absolute Gasteiger partial charge is 0.308 e. The van der Waals surface area contributed by atoms with Crippen molar-refractivity contribution < 1.29 is 19.4 Å². The van der Waals surface area contributed by atoms with Gasteiger partial charge in [0.2, 0.25) is 0 Å². The van der Waals surface area contributed by atoms with Gasteiger partial charge < -0.3 is 20.5 Å². The summed E-state index contributed by atoms with van der Waals surface area (Å²) in [5.74, 6) is -1.60. The van der Waals surface area contributed by atoms with E-state index in [1.807, 2.05) is 6.92 Å². The maximum Gasteiger partial charge on any atom is 0.308 e. The first-order chi connectivity index (χ1) is 7.51. The number of carbonyl (C=O) groups excluding carboxylic acids is 1. The summed E-state index contributed by atoms with van der Waals surface area (Å²) in [5, 5.41) is 8.94. The maximum atomic E-state index is 11.8. The zero-order valence-electron chi connectivity index (χ0n) is 9.55. The Bertz CT molecular complexity index is 278. The van der Waals surface area contributed by atoms with E-state index < -0.39 is 18.0 Å². The van der Waals surface area contributed by atoms with Gasteiger partial charge in [-0.3, -0.25) is 9.59 Å². The second-order valence-electron chi connectivity index (χ2n) is 4.13. The fraction of sp³-hybridized carbons (Fsp3) is 0.800. The van der Waals surface area contributed by atoms with Crippen molar-refractivity contribution in [3.63, 3.8) is 0 Å². The SMILES string of the molecule is COC(CN)C(=O)N1C[C@@H](C)[C@H](C(=O)O)C1. The van der Waals surface area contributed by atoms with Gasteiger partial charge in [0.15, 0.2) is 0 Å². The minimum atomic E-state index is -0.857. The van der Waals surface area contributed by atoms with E-state index in [9.17, 15) is 9.59 Å². The number of likely N-dealkylation sites (tertiary alicyclic amines) is 1. The van der Waals surface area contributed by atoms with Crippen molar-refractivity contribution in [3.05, 3.63) is 0 Å². The van der Waals surface area contributed by atoms with Gasteiger partial charge >= 0.3 is 5.97 Å². The fourth-order valence-corrected chi connectivity index (χ4v) is 1.97. The van der Waals surface area contributed by atoms with E-state index in [4.69, 9.17) is 15.6 Å². The van der Waals surface area contributed by atoms with Crippen molar-refractivity contribution in [1.82, 2.24) is 4.90 Å². The molecular weight excluding hydrogens is 212 g/mol. The third kappa shape index (κ3) is 2.51. The van der Waals surface area contributed by atoms with Gasteiger partial charge in [-0.05, 0) is 5.92 Å². The Kier molecular flexibility index (Phi) is 4.26. The van der Waals surface area contributed by atoms with Crippen molar-refractivity contribution in [2.45, 2.75) is 13.0 Å². The molecule has 1 saturated heterocycles. The Morgan fingerprint density at radius 1 is 1.56 bits per heavy atom. The van der Waals surface area contributed by atoms with Crippen LogP contribution < -0.4 is 5.73 Å². The molecule has 0 saturated carbocycles. The molecule has 6 nitrogen and oxygen atoms in total. The Labute approximate surface area is 94.3 Å². The molecule has 1 amide bonds. The zero-order valence-corrected chi connectivity index (χ0v) is 9.55. The molecule has 3 atom stereocenters. The van der Waals surface area contributed by atoms with Gasteiger partial charge in [-0.2, -0.15) is 0 Å². The molecule has 3 N–H and O–H groups in total. The van der Waals surface area contributed by atoms with E-state index in [1.54, 1.807) is 0 Å². The Morgan fingerprint density at radius 3 is 2.56 bits per heavy atom. The minimum Gasteiger partial charge on any atom is -0.481 e. The summed E-state index contributed by atoms with van der Waals surface area (Å²) >= 11 is 0. The average Bonchev–Trinajstić information content (AvgIpc) is 2.62. The predicted molar refractivity (Wildman–Crippen MR) is 56.7 cm³/mol. The molecule has 16 heavy (non-hydrogen) atoms. The summed E-state index contributed by atoms with van der Waals surface area (Å²) in [6, 6.07) is 0. The number of amides is 1. The quantitative estimate of drug-likeness (QED) is 0.655. The van der Waals surface area contributed by atoms with Crippen LogP contribution in [0.3, 0.4) is 0 Å². The number of ether oxygens (including phenoxy) is 1. The van der Waals surface area contributed by atoms with E-state index in [2.05, 4.69) is 0 Å². The topological polar surface area (TPSA) is 92.9 Å². The number of hydrogen-bond acceptors (Lipinski definition) is 4. The van der Waals surface area contributed by atoms with Gasteiger partial charge in [-0.15, -0.1) is 0 Å². The molecule has 1 fully saturated rings. The lowest BCUT2D eigenvalue weighted by Crippen LogP contribution is -2.43. The lowest BCUT2D eigenvalue weighted by atomic mass is 9.99. The molecule has 1 aliphatic heterocycles. The van der Waals surface area contributed by atoms with Crippen molar-refractivity contribution >= 4 is 11.9 Å². The average molecular weight is 230 g/mol. The summed E-state index contributed by atoms with van der Waals surface area (Å²) in [6.45, 7) is 2.64. The molecule has 0 bridgehead atoms. The van der Waals surface area contributed by atoms with Crippen LogP contribution in [0.5, 0.6) is 0 Å². The van der Waals surface area contributed by atoms with E-state index in [1.165, 1.54) is 12.0 Å². The number of rotatable bonds is 4. The lowest BCUT2D eigenvalue weighted by Gasteiger charge is -2.21. The second kappa shape index (κ2) is 5.27. The van der Waals surface area contributed by atoms with E-state index >= 15 is 0 Å². The molecule has 1 heterocycles. The molecule has 1 aliphatic rings. The molecule has 0 aromatic carbocycles. The number of nitrogens with two attached hydrogens (primary N) is 1. The van der Waals surface area contributed by atoms with Crippen molar-refractivity contribution in [3.8, 4) is 0 Å². The van der Waals surface area contributed by atoms with Crippen LogP contribution in [0.2, 0.25) is 0 Å². The number of nitrogens with zero attached hydrogens (tertiary/aromatic N) is 1. The van der Waals surface area contributed by atoms with Gasteiger partial charge in [0.05, 0.1) is 5.92 Å². The van der Waals surface area contributed by atoms with Gasteiger partial charge in [0, 0.05) is 26.7 Å². The summed E-state index contributed by atoms with van der Waals surface area (Å²) in [7, 11) is 1.42. The second-order valence-corrected chi connectivity index (χ2v) is 4.13. The van der Waals surface area contributed by atoms with Gasteiger partial charge in [0.1, 0.15) is 6.10 Å². The van der Waals surface area contributed by atoms with Gasteiger partial charge in [-0.25, -0.2) is 0 Å². The largest absolute Gasteiger partial charge is 0.481 e. The molecule has 0 radical (unpaired) electrons. The normalized spacial score (nSPS) is 26.8. The molecule has 0 spiro atoms. The van der Waals surface area contributed by atoms with Crippen molar-refractivity contribution in [1.29, 1.82) is 0 Å². The molecule has 1 rings (SSSR count). The number of carboxylic acids is 1. The first kappa shape index (κ1) is 12.9. The molecule has 0 aromatic heterocycles. The van der Waals surface area contributed by atoms with Crippen LogP contribution in [0.25, 0.3) is 0 Å². The Hall–Kier alpha value is -1.14. The van der Waals surface area contributed by atoms with E-state index in [0.29, 0.717) is 6.54 Å². The minimum absolute atomic E-state index is 0.0308. The monoisotopic (exact) mass is 230 g/mol. The van der Waals surface area contributed by atoms with Crippen molar-refractivity contribution in [2.24, 2.45) is 17.6 Å². The molecule has 1 unspecified atom stereocenters. The first-order valence-electron chi connectivity index (χ1n) is 5.25. The maximum absolute atomic E-state index is 11.8. The highest BCUT2D eigenvalue weighted by atomic mass is 16.5. The van der Waals surface area contributed by atoms with Crippen LogP contribution in [0.1, 0.15) is 6.92 Å². The molecule has 0 aliphatic carbocycles. The van der Waals surface area contributed by atoms with Crippen LogP contribution in [0, 0.1) is 11.8 Å². The number of carbonyl (C=O) groups is 2. The Balaban J connectivity index is 2.64. The standard InChI is InChI=1S/C10H18N2O4/c1-6-4-12(5-7(6)10(14)15)9(13)8(3-11)16-2/h6-8H,3-5,11H2,1-2H3,(H,14,15)/t6-,7-,8?/m1/s1. The van der Waals surface area contributed by atoms with Crippen LogP contribution >= 0.6 is 0 Å². The fourth-order valence-electron chi connectivity index (χ4n) is 1.97. The molecule has 6 heteroatoms. The summed E-state index contributed by atoms with van der Waals surface area (Å²) < 4.78 is 4.94. The van der Waals surface area contributed by atoms with E-state index in [0.717, 1.165) is 0 Å². The Morgan fingerprint density at radius 2 is 2.19 bits per heavy atom. The van der Waals surface area contributed by atoms with Crippen LogP contribution in [0.4, 0.5) is 0 Å². The highest BCUT2D eigenvalue weighted by Gasteiger charge is 2.38. The predicted octanol–water partition coefficient (Wildman–Crippen LogP) is -0.861. The number of methoxy groups -OCH3 is 1. The number of carboxylic acid groups (broad SMARTS) is 1. The van der Waals surface area contributed by atoms with Crippen LogP contribution in [-0.4, -0.2) is 54.7 Å². The highest BCUT2D eigenvalue weighted by molar-refractivity contribution is 5.82. The van der Waals surface area contributed by atoms with E-state index in [-0.39, 0.29) is 24.9 Å². The summed E-state index contributed by atoms with van der Waals surface area (Å²) in [5.41, 5.74) is 5.39. The zero-order chi connectivity index (χ0) is 12.3. The molecule has 0 aromatic rings. The number of hydrogen-bond donors (Lipinski definition) is 2. The highest BCUT2D eigenvalue weighted by Crippen LogP contribution is 2.23. The van der Waals surface area contributed by atoms with Crippen LogP contribution in [-0.2, 0) is 14.3 Å². The third-order valence-electron chi connectivity index (χ3n) is 3.02. The third-order valence-corrected chi connectivity index (χ3v) is 3.02. The molecular formula is C10H18N2O4. The van der Waals surface area contributed by atoms with Gasteiger partial charge in [-0.1, -0.05) is 6.92 Å². The number of aliphatic carboxylic acids is 1. The lowest BCUT2D eigenvalue weighted by molar-refractivity contribution is -0.143. The first-order valence-corrected chi connectivity index (χ1v) is 5.25. The summed E-state index contributed by atoms with van der Waals surface area (Å²) in [6.07, 6.45) is -0.667. The van der Waals surface area contributed by atoms with Crippen LogP contribution in [0.15, 0.2) is 0 Å². The van der Waals surface area contributed by atoms with Crippen molar-refractivity contribution in [2.75, 3.05) is 26.7 Å².